The van der Waals surface area contributed by atoms with Crippen LogP contribution in [0.3, 0.4) is 0 Å². The third kappa shape index (κ3) is 6.58. The van der Waals surface area contributed by atoms with Crippen LogP contribution in [0, 0.1) is 34.5 Å². The molecule has 298 valence electrons. The lowest BCUT2D eigenvalue weighted by atomic mass is 9.42. The molecule has 3 unspecified atom stereocenters. The van der Waals surface area contributed by atoms with Crippen molar-refractivity contribution in [3.63, 3.8) is 0 Å². The molecule has 52 heavy (non-hydrogen) atoms. The van der Waals surface area contributed by atoms with Gasteiger partial charge in [0.1, 0.15) is 18.3 Å². The van der Waals surface area contributed by atoms with Crippen LogP contribution in [0.5, 0.6) is 0 Å². The van der Waals surface area contributed by atoms with Crippen LogP contribution < -0.4 is 0 Å². The van der Waals surface area contributed by atoms with Crippen LogP contribution in [0.1, 0.15) is 105 Å². The molecule has 14 heteroatoms. The Labute approximate surface area is 306 Å². The molecule has 0 aromatic heterocycles. The molecule has 21 atom stereocenters. The third-order valence-electron chi connectivity index (χ3n) is 15.1. The highest BCUT2D eigenvalue weighted by molar-refractivity contribution is 5.72. The summed E-state index contributed by atoms with van der Waals surface area (Å²) in [6.45, 7) is 9.30. The van der Waals surface area contributed by atoms with Gasteiger partial charge in [0.15, 0.2) is 18.9 Å². The Kier molecular flexibility index (Phi) is 10.9. The van der Waals surface area contributed by atoms with Crippen molar-refractivity contribution in [1.82, 2.24) is 0 Å². The number of ether oxygens (including phenoxy) is 6. The molecule has 14 nitrogen and oxygen atoms in total. The second-order valence-corrected chi connectivity index (χ2v) is 17.8. The first kappa shape index (κ1) is 39.2. The largest absolute Gasteiger partial charge is 0.481 e. The number of hydrogen-bond acceptors (Lipinski definition) is 13. The van der Waals surface area contributed by atoms with Gasteiger partial charge in [-0.1, -0.05) is 13.8 Å². The maximum Gasteiger partial charge on any atom is 0.307 e. The summed E-state index contributed by atoms with van der Waals surface area (Å²) in [6, 6.07) is 0. The van der Waals surface area contributed by atoms with E-state index in [4.69, 9.17) is 28.4 Å². The van der Waals surface area contributed by atoms with Gasteiger partial charge in [0, 0.05) is 24.7 Å². The molecule has 0 bridgehead atoms. The molecule has 4 aliphatic carbocycles. The second kappa shape index (κ2) is 14.5. The Hall–Kier alpha value is -1.01. The van der Waals surface area contributed by atoms with Gasteiger partial charge in [-0.15, -0.1) is 0 Å². The molecule has 7 N–H and O–H groups in total. The van der Waals surface area contributed by atoms with E-state index in [2.05, 4.69) is 6.92 Å². The third-order valence-corrected chi connectivity index (χ3v) is 15.1. The molecule has 0 aromatic rings. The number of hydrogen-bond donors (Lipinski definition) is 7. The summed E-state index contributed by atoms with van der Waals surface area (Å²) in [4.78, 5) is 12.2. The number of carbonyl (C=O) groups is 1. The molecular formula is C38H62O14. The van der Waals surface area contributed by atoms with Crippen molar-refractivity contribution in [2.45, 2.75) is 197 Å². The lowest BCUT2D eigenvalue weighted by Crippen LogP contribution is -2.67. The summed E-state index contributed by atoms with van der Waals surface area (Å²) in [5.41, 5.74) is -2.37. The number of aliphatic carboxylic acids is 1. The summed E-state index contributed by atoms with van der Waals surface area (Å²) in [5, 5.41) is 75.9. The minimum absolute atomic E-state index is 0.0482. The normalized spacial score (nSPS) is 56.7. The molecule has 3 aliphatic heterocycles. The van der Waals surface area contributed by atoms with Crippen LogP contribution >= 0.6 is 0 Å². The molecule has 0 spiro atoms. The van der Waals surface area contributed by atoms with Crippen molar-refractivity contribution in [2.75, 3.05) is 0 Å². The summed E-state index contributed by atoms with van der Waals surface area (Å²) in [6.07, 6.45) is -4.42. The first-order valence-electron chi connectivity index (χ1n) is 19.7. The van der Waals surface area contributed by atoms with Gasteiger partial charge in [-0.05, 0) is 95.3 Å². The monoisotopic (exact) mass is 742 g/mol. The Morgan fingerprint density at radius 1 is 0.654 bits per heavy atom. The topological polar surface area (TPSA) is 214 Å². The smallest absolute Gasteiger partial charge is 0.307 e. The van der Waals surface area contributed by atoms with E-state index in [1.807, 2.05) is 6.92 Å². The van der Waals surface area contributed by atoms with Crippen LogP contribution in [0.25, 0.3) is 0 Å². The number of aliphatic hydroxyl groups excluding tert-OH is 5. The summed E-state index contributed by atoms with van der Waals surface area (Å²) in [7, 11) is 0. The average Bonchev–Trinajstić information content (AvgIpc) is 3.36. The van der Waals surface area contributed by atoms with E-state index in [0.717, 1.165) is 32.1 Å². The van der Waals surface area contributed by atoms with E-state index in [9.17, 15) is 40.5 Å². The Morgan fingerprint density at radius 2 is 1.21 bits per heavy atom. The zero-order chi connectivity index (χ0) is 37.5. The maximum atomic E-state index is 12.2. The lowest BCUT2D eigenvalue weighted by molar-refractivity contribution is -0.336. The molecule has 4 saturated carbocycles. The van der Waals surface area contributed by atoms with E-state index in [1.165, 1.54) is 0 Å². The Bertz CT molecular complexity index is 1250. The fourth-order valence-corrected chi connectivity index (χ4v) is 12.0. The van der Waals surface area contributed by atoms with E-state index >= 15 is 0 Å². The molecule has 3 heterocycles. The standard InChI is InChI=1S/C38H62O14/c1-17-32(43)25(39)14-30(47-17)51-34-19(3)49-31(16-27(34)41)52-33-18(2)48-29(15-26(33)40)50-21-8-10-36(4)20(12-21)6-7-22-24(36)13-28(42)37(5)23(35(44)45)9-11-38(22,37)46/h17-34,39-43,46H,6-16H2,1-5H3,(H,44,45)/t17?,18?,19?,20-,21+,22-,23-,24+,25-,26-,27-,28-,29+,30+,31-,32-,33-,34-,36+,37+,38+/m1/s1. The molecule has 0 amide bonds. The van der Waals surface area contributed by atoms with Crippen LogP contribution in [-0.4, -0.2) is 133 Å². The van der Waals surface area contributed by atoms with Gasteiger partial charge in [-0.25, -0.2) is 0 Å². The van der Waals surface area contributed by atoms with Crippen molar-refractivity contribution < 1.29 is 69.0 Å². The van der Waals surface area contributed by atoms with Crippen molar-refractivity contribution in [2.24, 2.45) is 34.5 Å². The van der Waals surface area contributed by atoms with Crippen LogP contribution in [0.15, 0.2) is 0 Å². The summed E-state index contributed by atoms with van der Waals surface area (Å²) in [5.74, 6) is -1.32. The zero-order valence-electron chi connectivity index (χ0n) is 31.2. The minimum Gasteiger partial charge on any atom is -0.481 e. The first-order chi connectivity index (χ1) is 24.5. The average molecular weight is 743 g/mol. The number of rotatable bonds is 7. The predicted octanol–water partition coefficient (Wildman–Crippen LogP) is 1.82. The minimum atomic E-state index is -1.20. The van der Waals surface area contributed by atoms with Gasteiger partial charge in [0.05, 0.1) is 60.4 Å². The van der Waals surface area contributed by atoms with E-state index in [1.54, 1.807) is 20.8 Å². The lowest BCUT2D eigenvalue weighted by Gasteiger charge is -2.64. The van der Waals surface area contributed by atoms with Crippen molar-refractivity contribution in [3.8, 4) is 0 Å². The zero-order valence-corrected chi connectivity index (χ0v) is 31.2. The summed E-state index contributed by atoms with van der Waals surface area (Å²) >= 11 is 0. The SMILES string of the molecule is CC1O[C@@H](O[C@@H]2C(C)O[C@H](O[C@@H]3C(C)O[C@@H](O[C@H]4CC[C@@]5(C)[C@H](CC[C@@H]6[C@@H]5C[C@@H](O)[C@]5(C)[C@@H](C(=O)O)CC[C@]65O)C4)C[C@H]3O)C[C@H]2O)C[C@@H](O)[C@@H]1O. The second-order valence-electron chi connectivity index (χ2n) is 17.8. The van der Waals surface area contributed by atoms with Crippen molar-refractivity contribution in [1.29, 1.82) is 0 Å². The Balaban J connectivity index is 0.908. The maximum absolute atomic E-state index is 12.2. The molecule has 7 aliphatic rings. The predicted molar refractivity (Wildman–Crippen MR) is 181 cm³/mol. The van der Waals surface area contributed by atoms with Gasteiger partial charge in [0.25, 0.3) is 0 Å². The van der Waals surface area contributed by atoms with Crippen LogP contribution in [0.2, 0.25) is 0 Å². The van der Waals surface area contributed by atoms with Gasteiger partial charge in [-0.2, -0.15) is 0 Å². The number of carboxylic acids is 1. The highest BCUT2D eigenvalue weighted by Gasteiger charge is 2.71. The van der Waals surface area contributed by atoms with E-state index < -0.39 is 103 Å². The number of carboxylic acid groups (broad SMARTS) is 1. The number of fused-ring (bicyclic) bond motifs is 5. The van der Waals surface area contributed by atoms with Crippen molar-refractivity contribution in [3.05, 3.63) is 0 Å². The highest BCUT2D eigenvalue weighted by Crippen LogP contribution is 2.69. The van der Waals surface area contributed by atoms with Gasteiger partial charge in [0.2, 0.25) is 0 Å². The van der Waals surface area contributed by atoms with Crippen LogP contribution in [0.4, 0.5) is 0 Å². The Morgan fingerprint density at radius 3 is 1.77 bits per heavy atom. The number of aliphatic hydroxyl groups is 6. The molecule has 7 fully saturated rings. The highest BCUT2D eigenvalue weighted by atomic mass is 16.7. The van der Waals surface area contributed by atoms with Crippen molar-refractivity contribution >= 4 is 5.97 Å². The molecular weight excluding hydrogens is 680 g/mol. The molecule has 0 aromatic carbocycles. The van der Waals surface area contributed by atoms with E-state index in [-0.39, 0.29) is 42.6 Å². The van der Waals surface area contributed by atoms with Gasteiger partial charge in [-0.3, -0.25) is 4.79 Å². The molecule has 7 rings (SSSR count). The van der Waals surface area contributed by atoms with E-state index in [0.29, 0.717) is 25.2 Å². The van der Waals surface area contributed by atoms with Gasteiger partial charge < -0.3 is 64.2 Å². The summed E-state index contributed by atoms with van der Waals surface area (Å²) < 4.78 is 36.6. The first-order valence-corrected chi connectivity index (χ1v) is 19.7. The van der Waals surface area contributed by atoms with Gasteiger partial charge >= 0.3 is 5.97 Å². The van der Waals surface area contributed by atoms with Crippen LogP contribution in [-0.2, 0) is 33.2 Å². The molecule has 0 radical (unpaired) electrons. The quantitative estimate of drug-likeness (QED) is 0.186. The fraction of sp³-hybridized carbons (Fsp3) is 0.974. The molecule has 3 saturated heterocycles. The fourth-order valence-electron chi connectivity index (χ4n) is 12.0.